The molecule has 0 saturated heterocycles. The van der Waals surface area contributed by atoms with Gasteiger partial charge in [-0.25, -0.2) is 0 Å². The Morgan fingerprint density at radius 1 is 1.06 bits per heavy atom. The molecule has 1 aromatic heterocycles. The van der Waals surface area contributed by atoms with E-state index < -0.39 is 0 Å². The van der Waals surface area contributed by atoms with Crippen molar-refractivity contribution in [1.82, 2.24) is 5.32 Å². The van der Waals surface area contributed by atoms with Gasteiger partial charge in [-0.15, -0.1) is 11.3 Å². The van der Waals surface area contributed by atoms with Gasteiger partial charge in [0.05, 0.1) is 0 Å². The fourth-order valence-corrected chi connectivity index (χ4v) is 3.35. The monoisotopic (exact) mass is 257 g/mol. The Labute approximate surface area is 113 Å². The van der Waals surface area contributed by atoms with Crippen LogP contribution < -0.4 is 5.32 Å². The maximum atomic E-state index is 3.66. The van der Waals surface area contributed by atoms with E-state index >= 15 is 0 Å². The fraction of sp³-hybridized carbons (Fsp3) is 0.375. The van der Waals surface area contributed by atoms with Crippen molar-refractivity contribution in [1.29, 1.82) is 0 Å². The third-order valence-corrected chi connectivity index (χ3v) is 4.73. The van der Waals surface area contributed by atoms with Crippen molar-refractivity contribution < 1.29 is 0 Å². The minimum Gasteiger partial charge on any atom is -0.314 e. The highest BCUT2D eigenvalue weighted by molar-refractivity contribution is 7.09. The Morgan fingerprint density at radius 2 is 1.89 bits per heavy atom. The number of hydrogen-bond acceptors (Lipinski definition) is 2. The summed E-state index contributed by atoms with van der Waals surface area (Å²) in [7, 11) is 0. The summed E-state index contributed by atoms with van der Waals surface area (Å²) in [6, 6.07) is 16.0. The molecule has 18 heavy (non-hydrogen) atoms. The predicted octanol–water partition coefficient (Wildman–Crippen LogP) is 3.83. The van der Waals surface area contributed by atoms with E-state index in [0.717, 1.165) is 18.5 Å². The number of thiophene rings is 1. The highest BCUT2D eigenvalue weighted by Crippen LogP contribution is 2.36. The molecule has 2 heteroatoms. The lowest BCUT2D eigenvalue weighted by Gasteiger charge is -2.36. The molecule has 94 valence electrons. The largest absolute Gasteiger partial charge is 0.314 e. The zero-order chi connectivity index (χ0) is 12.2. The van der Waals surface area contributed by atoms with E-state index in [-0.39, 0.29) is 0 Å². The van der Waals surface area contributed by atoms with E-state index in [0.29, 0.717) is 0 Å². The van der Waals surface area contributed by atoms with Crippen LogP contribution in [0.15, 0.2) is 47.8 Å². The first kappa shape index (κ1) is 11.9. The van der Waals surface area contributed by atoms with Crippen molar-refractivity contribution in [3.05, 3.63) is 58.3 Å². The van der Waals surface area contributed by atoms with Gasteiger partial charge in [0.25, 0.3) is 0 Å². The quantitative estimate of drug-likeness (QED) is 0.858. The minimum absolute atomic E-state index is 0.732. The van der Waals surface area contributed by atoms with Gasteiger partial charge >= 0.3 is 0 Å². The molecule has 0 amide bonds. The molecule has 3 rings (SSSR count). The molecular weight excluding hydrogens is 238 g/mol. The molecule has 2 aromatic rings. The molecule has 1 fully saturated rings. The molecule has 0 radical (unpaired) electrons. The van der Waals surface area contributed by atoms with Crippen LogP contribution in [-0.4, -0.2) is 12.6 Å². The molecule has 1 heterocycles. The van der Waals surface area contributed by atoms with Crippen LogP contribution in [0.5, 0.6) is 0 Å². The number of hydrogen-bond donors (Lipinski definition) is 1. The predicted molar refractivity (Wildman–Crippen MR) is 78.2 cm³/mol. The summed E-state index contributed by atoms with van der Waals surface area (Å²) in [4.78, 5) is 1.49. The van der Waals surface area contributed by atoms with E-state index in [1.807, 2.05) is 11.3 Å². The number of nitrogens with one attached hydrogen (secondary N) is 1. The van der Waals surface area contributed by atoms with Crippen molar-refractivity contribution in [2.75, 3.05) is 6.54 Å². The normalized spacial score (nSPS) is 22.7. The minimum atomic E-state index is 0.732. The second kappa shape index (κ2) is 5.68. The van der Waals surface area contributed by atoms with Gasteiger partial charge in [-0.05, 0) is 42.2 Å². The molecular formula is C16H19NS. The summed E-state index contributed by atoms with van der Waals surface area (Å²) in [6.45, 7) is 1.12. The lowest BCUT2D eigenvalue weighted by Crippen LogP contribution is -2.40. The highest BCUT2D eigenvalue weighted by atomic mass is 32.1. The van der Waals surface area contributed by atoms with E-state index in [9.17, 15) is 0 Å². The molecule has 1 aliphatic carbocycles. The summed E-state index contributed by atoms with van der Waals surface area (Å²) in [6.07, 6.45) is 3.77. The number of benzene rings is 1. The van der Waals surface area contributed by atoms with E-state index in [1.54, 1.807) is 0 Å². The first-order valence-electron chi connectivity index (χ1n) is 6.72. The average Bonchev–Trinajstić information content (AvgIpc) is 2.86. The highest BCUT2D eigenvalue weighted by Gasteiger charge is 2.29. The molecule has 0 bridgehead atoms. The summed E-state index contributed by atoms with van der Waals surface area (Å²) >= 11 is 1.86. The van der Waals surface area contributed by atoms with E-state index in [1.165, 1.54) is 29.7 Å². The van der Waals surface area contributed by atoms with Crippen LogP contribution in [0.25, 0.3) is 0 Å². The van der Waals surface area contributed by atoms with Gasteiger partial charge in [-0.3, -0.25) is 0 Å². The zero-order valence-electron chi connectivity index (χ0n) is 10.5. The molecule has 1 aliphatic rings. The van der Waals surface area contributed by atoms with E-state index in [2.05, 4.69) is 53.2 Å². The van der Waals surface area contributed by atoms with Gasteiger partial charge in [0.2, 0.25) is 0 Å². The standard InChI is InChI=1S/C16H19NS/c1-2-5-13(6-3-1)14-11-15(12-14)17-9-8-16-7-4-10-18-16/h1-7,10,14-15,17H,8-9,11-12H2. The van der Waals surface area contributed by atoms with Crippen LogP contribution in [-0.2, 0) is 6.42 Å². The Bertz CT molecular complexity index is 457. The Morgan fingerprint density at radius 3 is 2.61 bits per heavy atom. The summed E-state index contributed by atoms with van der Waals surface area (Å²) in [5.41, 5.74) is 1.51. The zero-order valence-corrected chi connectivity index (χ0v) is 11.3. The van der Waals surface area contributed by atoms with Gasteiger partial charge in [0.15, 0.2) is 0 Å². The van der Waals surface area contributed by atoms with E-state index in [4.69, 9.17) is 0 Å². The van der Waals surface area contributed by atoms with Crippen LogP contribution in [0.2, 0.25) is 0 Å². The van der Waals surface area contributed by atoms with Crippen LogP contribution in [0.1, 0.15) is 29.2 Å². The topological polar surface area (TPSA) is 12.0 Å². The summed E-state index contributed by atoms with van der Waals surface area (Å²) < 4.78 is 0. The molecule has 1 saturated carbocycles. The first-order valence-corrected chi connectivity index (χ1v) is 7.60. The number of rotatable bonds is 5. The Kier molecular flexibility index (Phi) is 3.77. The molecule has 0 spiro atoms. The SMILES string of the molecule is c1ccc(C2CC(NCCc3cccs3)C2)cc1. The van der Waals surface area contributed by atoms with Crippen molar-refractivity contribution in [3.8, 4) is 0 Å². The Balaban J connectivity index is 1.38. The van der Waals surface area contributed by atoms with Gasteiger partial charge < -0.3 is 5.32 Å². The molecule has 1 nitrogen and oxygen atoms in total. The second-order valence-corrected chi connectivity index (χ2v) is 6.09. The fourth-order valence-electron chi connectivity index (χ4n) is 2.64. The summed E-state index contributed by atoms with van der Waals surface area (Å²) in [5.74, 6) is 0.783. The van der Waals surface area contributed by atoms with Crippen molar-refractivity contribution in [2.24, 2.45) is 0 Å². The molecule has 1 N–H and O–H groups in total. The second-order valence-electron chi connectivity index (χ2n) is 5.06. The van der Waals surface area contributed by atoms with Crippen LogP contribution >= 0.6 is 11.3 Å². The van der Waals surface area contributed by atoms with Crippen molar-refractivity contribution in [3.63, 3.8) is 0 Å². The third-order valence-electron chi connectivity index (χ3n) is 3.79. The van der Waals surface area contributed by atoms with Crippen LogP contribution in [0, 0.1) is 0 Å². The lowest BCUT2D eigenvalue weighted by molar-refractivity contribution is 0.293. The molecule has 0 unspecified atom stereocenters. The first-order chi connectivity index (χ1) is 8.92. The average molecular weight is 257 g/mol. The summed E-state index contributed by atoms with van der Waals surface area (Å²) in [5, 5.41) is 5.82. The maximum absolute atomic E-state index is 3.66. The van der Waals surface area contributed by atoms with Gasteiger partial charge in [0.1, 0.15) is 0 Å². The third kappa shape index (κ3) is 2.82. The van der Waals surface area contributed by atoms with Gasteiger partial charge in [0, 0.05) is 17.5 Å². The van der Waals surface area contributed by atoms with Crippen LogP contribution in [0.4, 0.5) is 0 Å². The van der Waals surface area contributed by atoms with Crippen LogP contribution in [0.3, 0.4) is 0 Å². The van der Waals surface area contributed by atoms with Crippen molar-refractivity contribution >= 4 is 11.3 Å². The lowest BCUT2D eigenvalue weighted by atomic mass is 9.76. The molecule has 0 aliphatic heterocycles. The molecule has 1 aromatic carbocycles. The van der Waals surface area contributed by atoms with Gasteiger partial charge in [-0.1, -0.05) is 36.4 Å². The van der Waals surface area contributed by atoms with Gasteiger partial charge in [-0.2, -0.15) is 0 Å². The van der Waals surface area contributed by atoms with Crippen molar-refractivity contribution in [2.45, 2.75) is 31.2 Å². The maximum Gasteiger partial charge on any atom is 0.00788 e. The Hall–Kier alpha value is -1.12. The molecule has 0 atom stereocenters. The smallest absolute Gasteiger partial charge is 0.00788 e.